The van der Waals surface area contributed by atoms with E-state index in [9.17, 15) is 14.4 Å². The highest BCUT2D eigenvalue weighted by Crippen LogP contribution is 2.13. The molecule has 0 saturated heterocycles. The molecule has 0 saturated carbocycles. The summed E-state index contributed by atoms with van der Waals surface area (Å²) in [5.74, 6) is -0.976. The smallest absolute Gasteiger partial charge is 0.306 e. The lowest BCUT2D eigenvalue weighted by Gasteiger charge is -2.18. The molecule has 0 aliphatic carbocycles. The molecule has 0 bridgehead atoms. The quantitative estimate of drug-likeness (QED) is 0.0200. The fourth-order valence-electron chi connectivity index (χ4n) is 6.47. The molecule has 0 spiro atoms. The number of carbonyl (C=O) groups excluding carboxylic acids is 3. The van der Waals surface area contributed by atoms with Crippen LogP contribution in [0.2, 0.25) is 0 Å². The van der Waals surface area contributed by atoms with E-state index in [1.54, 1.807) is 0 Å². The SMILES string of the molecule is CC/C=C\C/C=C\C/C=C\C/C=C\C/C=C\CCCC(=O)OCC(COC(=O)CCCCCCCCCCCC)OC(=O)CCCCCCCC/C=C\C=C/CCCCC. The van der Waals surface area contributed by atoms with Gasteiger partial charge >= 0.3 is 17.9 Å². The topological polar surface area (TPSA) is 78.9 Å². The van der Waals surface area contributed by atoms with Crippen LogP contribution in [0.25, 0.3) is 0 Å². The van der Waals surface area contributed by atoms with E-state index in [1.165, 1.54) is 83.5 Å². The molecule has 6 heteroatoms. The van der Waals surface area contributed by atoms with Crippen LogP contribution < -0.4 is 0 Å². The van der Waals surface area contributed by atoms with Gasteiger partial charge in [0.15, 0.2) is 6.10 Å². The lowest BCUT2D eigenvalue weighted by atomic mass is 10.1. The van der Waals surface area contributed by atoms with Crippen LogP contribution in [0, 0.1) is 0 Å². The fraction of sp³-hybridized carbons (Fsp3) is 0.685. The predicted octanol–water partition coefficient (Wildman–Crippen LogP) is 16.0. The Kier molecular flexibility index (Phi) is 45.5. The largest absolute Gasteiger partial charge is 0.462 e. The van der Waals surface area contributed by atoms with E-state index < -0.39 is 6.10 Å². The molecule has 60 heavy (non-hydrogen) atoms. The number of unbranched alkanes of at least 4 members (excludes halogenated alkanes) is 19. The molecule has 0 N–H and O–H groups in total. The van der Waals surface area contributed by atoms with E-state index in [1.807, 2.05) is 0 Å². The molecule has 0 rings (SSSR count). The van der Waals surface area contributed by atoms with Gasteiger partial charge < -0.3 is 14.2 Å². The average Bonchev–Trinajstić information content (AvgIpc) is 3.24. The van der Waals surface area contributed by atoms with Crippen LogP contribution in [0.4, 0.5) is 0 Å². The van der Waals surface area contributed by atoms with E-state index in [0.29, 0.717) is 19.3 Å². The second kappa shape index (κ2) is 48.3. The van der Waals surface area contributed by atoms with Crippen LogP contribution in [-0.2, 0) is 28.6 Å². The van der Waals surface area contributed by atoms with Gasteiger partial charge in [-0.3, -0.25) is 14.4 Å². The third-order valence-corrected chi connectivity index (χ3v) is 10.2. The van der Waals surface area contributed by atoms with Crippen molar-refractivity contribution in [2.24, 2.45) is 0 Å². The van der Waals surface area contributed by atoms with Gasteiger partial charge in [0.2, 0.25) is 0 Å². The van der Waals surface area contributed by atoms with E-state index >= 15 is 0 Å². The molecule has 1 atom stereocenters. The highest BCUT2D eigenvalue weighted by Gasteiger charge is 2.19. The predicted molar refractivity (Wildman–Crippen MR) is 256 cm³/mol. The van der Waals surface area contributed by atoms with Gasteiger partial charge in [-0.15, -0.1) is 0 Å². The van der Waals surface area contributed by atoms with Crippen molar-refractivity contribution in [3.05, 3.63) is 85.1 Å². The summed E-state index contributed by atoms with van der Waals surface area (Å²) in [6.45, 7) is 6.41. The second-order valence-electron chi connectivity index (χ2n) is 16.0. The van der Waals surface area contributed by atoms with Crippen molar-refractivity contribution in [2.75, 3.05) is 13.2 Å². The second-order valence-corrected chi connectivity index (χ2v) is 16.0. The molecular formula is C54H90O6. The van der Waals surface area contributed by atoms with Gasteiger partial charge in [0.05, 0.1) is 0 Å². The molecule has 342 valence electrons. The van der Waals surface area contributed by atoms with Crippen molar-refractivity contribution >= 4 is 17.9 Å². The van der Waals surface area contributed by atoms with Crippen LogP contribution in [0.3, 0.4) is 0 Å². The molecule has 0 aliphatic rings. The first-order chi connectivity index (χ1) is 29.5. The Morgan fingerprint density at radius 1 is 0.367 bits per heavy atom. The normalized spacial score (nSPS) is 12.8. The minimum atomic E-state index is -0.802. The standard InChI is InChI=1S/C54H90O6/c1-4-7-10-13-16-19-22-24-26-27-29-30-32-35-38-41-44-47-53(56)59-50-51(49-58-52(55)46-43-40-37-34-21-18-15-12-9-6-3)60-54(57)48-45-42-39-36-33-31-28-25-23-20-17-14-11-8-5-2/h7,10,16-17,19-20,23-26,29-30,35,38,51H,4-6,8-9,11-15,18,21-22,27-28,31-34,36-37,39-50H2,1-3H3/b10-7-,19-16-,20-17-,25-23-,26-24-,30-29-,38-35-. The zero-order valence-corrected chi connectivity index (χ0v) is 38.9. The molecule has 0 aromatic heterocycles. The number of carbonyl (C=O) groups is 3. The van der Waals surface area contributed by atoms with Gasteiger partial charge in [-0.05, 0) is 83.5 Å². The first-order valence-electron chi connectivity index (χ1n) is 24.6. The van der Waals surface area contributed by atoms with Gasteiger partial charge in [0, 0.05) is 19.3 Å². The third-order valence-electron chi connectivity index (χ3n) is 10.2. The molecule has 0 amide bonds. The zero-order chi connectivity index (χ0) is 43.7. The summed E-state index contributed by atoms with van der Waals surface area (Å²) in [7, 11) is 0. The number of rotatable bonds is 43. The number of hydrogen-bond donors (Lipinski definition) is 0. The van der Waals surface area contributed by atoms with Crippen LogP contribution in [-0.4, -0.2) is 37.2 Å². The highest BCUT2D eigenvalue weighted by atomic mass is 16.6. The Morgan fingerprint density at radius 2 is 0.717 bits per heavy atom. The highest BCUT2D eigenvalue weighted by molar-refractivity contribution is 5.71. The van der Waals surface area contributed by atoms with Crippen molar-refractivity contribution in [3.63, 3.8) is 0 Å². The number of hydrogen-bond acceptors (Lipinski definition) is 6. The maximum Gasteiger partial charge on any atom is 0.306 e. The minimum Gasteiger partial charge on any atom is -0.462 e. The van der Waals surface area contributed by atoms with Crippen LogP contribution >= 0.6 is 0 Å². The lowest BCUT2D eigenvalue weighted by Crippen LogP contribution is -2.30. The Labute approximate surface area is 369 Å². The summed E-state index contributed by atoms with van der Waals surface area (Å²) in [5.41, 5.74) is 0. The summed E-state index contributed by atoms with van der Waals surface area (Å²) < 4.78 is 16.7. The van der Waals surface area contributed by atoms with Gasteiger partial charge in [-0.1, -0.05) is 202 Å². The third kappa shape index (κ3) is 45.7. The van der Waals surface area contributed by atoms with Crippen molar-refractivity contribution < 1.29 is 28.6 Å². The maximum atomic E-state index is 12.8. The number of ether oxygens (including phenoxy) is 3. The zero-order valence-electron chi connectivity index (χ0n) is 38.9. The Bertz CT molecular complexity index is 1190. The molecule has 0 aromatic carbocycles. The van der Waals surface area contributed by atoms with Gasteiger partial charge in [0.1, 0.15) is 13.2 Å². The summed E-state index contributed by atoms with van der Waals surface area (Å²) in [6.07, 6.45) is 61.4. The first kappa shape index (κ1) is 56.6. The van der Waals surface area contributed by atoms with Crippen LogP contribution in [0.5, 0.6) is 0 Å². The lowest BCUT2D eigenvalue weighted by molar-refractivity contribution is -0.167. The fourth-order valence-corrected chi connectivity index (χ4v) is 6.47. The molecular weight excluding hydrogens is 745 g/mol. The van der Waals surface area contributed by atoms with E-state index in [-0.39, 0.29) is 37.5 Å². The Morgan fingerprint density at radius 3 is 1.20 bits per heavy atom. The Balaban J connectivity index is 4.48. The van der Waals surface area contributed by atoms with Crippen LogP contribution in [0.1, 0.15) is 220 Å². The van der Waals surface area contributed by atoms with Crippen molar-refractivity contribution in [2.45, 2.75) is 226 Å². The molecule has 1 unspecified atom stereocenters. The monoisotopic (exact) mass is 835 g/mol. The average molecular weight is 835 g/mol. The molecule has 0 fully saturated rings. The maximum absolute atomic E-state index is 12.8. The Hall–Kier alpha value is -3.41. The summed E-state index contributed by atoms with van der Waals surface area (Å²) in [5, 5.41) is 0. The van der Waals surface area contributed by atoms with Crippen molar-refractivity contribution in [1.82, 2.24) is 0 Å². The van der Waals surface area contributed by atoms with Gasteiger partial charge in [0.25, 0.3) is 0 Å². The van der Waals surface area contributed by atoms with E-state index in [4.69, 9.17) is 14.2 Å². The molecule has 0 aliphatic heterocycles. The van der Waals surface area contributed by atoms with Crippen LogP contribution in [0.15, 0.2) is 85.1 Å². The van der Waals surface area contributed by atoms with E-state index in [0.717, 1.165) is 89.9 Å². The summed E-state index contributed by atoms with van der Waals surface area (Å²) in [6, 6.07) is 0. The summed E-state index contributed by atoms with van der Waals surface area (Å²) in [4.78, 5) is 37.8. The molecule has 0 aromatic rings. The minimum absolute atomic E-state index is 0.0985. The molecule has 0 heterocycles. The summed E-state index contributed by atoms with van der Waals surface area (Å²) >= 11 is 0. The molecule has 6 nitrogen and oxygen atoms in total. The number of esters is 3. The van der Waals surface area contributed by atoms with Gasteiger partial charge in [-0.2, -0.15) is 0 Å². The molecule has 0 radical (unpaired) electrons. The van der Waals surface area contributed by atoms with E-state index in [2.05, 4.69) is 106 Å². The van der Waals surface area contributed by atoms with Gasteiger partial charge in [-0.25, -0.2) is 0 Å². The first-order valence-corrected chi connectivity index (χ1v) is 24.6. The number of allylic oxidation sites excluding steroid dienone is 14. The van der Waals surface area contributed by atoms with Crippen molar-refractivity contribution in [1.29, 1.82) is 0 Å². The van der Waals surface area contributed by atoms with Crippen molar-refractivity contribution in [3.8, 4) is 0 Å².